The van der Waals surface area contributed by atoms with E-state index in [4.69, 9.17) is 14.2 Å². The van der Waals surface area contributed by atoms with Crippen LogP contribution in [0.3, 0.4) is 0 Å². The second kappa shape index (κ2) is 38.7. The van der Waals surface area contributed by atoms with E-state index in [0.29, 0.717) is 19.3 Å². The minimum atomic E-state index is -0.766. The van der Waals surface area contributed by atoms with Gasteiger partial charge in [0.1, 0.15) is 13.2 Å². The fraction of sp³-hybridized carbons (Fsp3) is 0.837. The maximum atomic E-state index is 12.6. The Hall–Kier alpha value is -2.11. The van der Waals surface area contributed by atoms with Crippen LogP contribution in [0.2, 0.25) is 0 Å². The van der Waals surface area contributed by atoms with Crippen molar-refractivity contribution in [2.24, 2.45) is 0 Å². The van der Waals surface area contributed by atoms with E-state index in [1.807, 2.05) is 0 Å². The summed E-state index contributed by atoms with van der Waals surface area (Å²) in [5.41, 5.74) is 0. The van der Waals surface area contributed by atoms with Crippen LogP contribution in [-0.2, 0) is 28.6 Å². The second-order valence-electron chi connectivity index (χ2n) is 13.9. The van der Waals surface area contributed by atoms with Crippen molar-refractivity contribution in [1.29, 1.82) is 0 Å². The Morgan fingerprint density at radius 1 is 0.408 bits per heavy atom. The van der Waals surface area contributed by atoms with Crippen LogP contribution in [0.4, 0.5) is 0 Å². The van der Waals surface area contributed by atoms with Gasteiger partial charge in [0, 0.05) is 19.3 Å². The Morgan fingerprint density at radius 2 is 0.776 bits per heavy atom. The van der Waals surface area contributed by atoms with E-state index < -0.39 is 6.10 Å². The molecule has 0 aliphatic rings. The smallest absolute Gasteiger partial charge is 0.306 e. The zero-order chi connectivity index (χ0) is 35.9. The van der Waals surface area contributed by atoms with E-state index in [1.54, 1.807) is 0 Å². The van der Waals surface area contributed by atoms with Gasteiger partial charge < -0.3 is 14.2 Å². The van der Waals surface area contributed by atoms with Gasteiger partial charge in [0.2, 0.25) is 0 Å². The highest BCUT2D eigenvalue weighted by Crippen LogP contribution is 2.14. The van der Waals surface area contributed by atoms with Crippen molar-refractivity contribution >= 4 is 17.9 Å². The molecular formula is C43H78O6. The molecule has 0 saturated heterocycles. The van der Waals surface area contributed by atoms with Crippen LogP contribution in [0.25, 0.3) is 0 Å². The molecule has 6 heteroatoms. The summed E-state index contributed by atoms with van der Waals surface area (Å²) in [7, 11) is 0. The second-order valence-corrected chi connectivity index (χ2v) is 13.9. The molecule has 0 spiro atoms. The number of carbonyl (C=O) groups excluding carboxylic acids is 3. The van der Waals surface area contributed by atoms with Crippen molar-refractivity contribution in [2.45, 2.75) is 219 Å². The Morgan fingerprint density at radius 3 is 1.20 bits per heavy atom. The SMILES string of the molecule is CCC/C=C\C/C=C\CCCCCCCC(=O)OCC(COC(=O)CCCCCCC)OC(=O)CCCCCCCCCCCCCCC. The molecule has 0 aromatic heterocycles. The van der Waals surface area contributed by atoms with E-state index in [9.17, 15) is 14.4 Å². The first-order valence-corrected chi connectivity index (χ1v) is 20.8. The zero-order valence-electron chi connectivity index (χ0n) is 32.5. The van der Waals surface area contributed by atoms with Crippen LogP contribution in [0.5, 0.6) is 0 Å². The fourth-order valence-electron chi connectivity index (χ4n) is 5.77. The molecule has 0 amide bonds. The number of ether oxygens (including phenoxy) is 3. The molecule has 0 bridgehead atoms. The normalized spacial score (nSPS) is 12.1. The van der Waals surface area contributed by atoms with E-state index in [0.717, 1.165) is 89.9 Å². The third-order valence-electron chi connectivity index (χ3n) is 8.94. The third kappa shape index (κ3) is 37.0. The maximum Gasteiger partial charge on any atom is 0.306 e. The van der Waals surface area contributed by atoms with Crippen LogP contribution in [0.15, 0.2) is 24.3 Å². The van der Waals surface area contributed by atoms with Gasteiger partial charge in [0.05, 0.1) is 0 Å². The number of allylic oxidation sites excluding steroid dienone is 4. The van der Waals surface area contributed by atoms with Gasteiger partial charge >= 0.3 is 17.9 Å². The number of hydrogen-bond acceptors (Lipinski definition) is 6. The molecule has 0 radical (unpaired) electrons. The first-order chi connectivity index (χ1) is 24.0. The summed E-state index contributed by atoms with van der Waals surface area (Å²) < 4.78 is 16.5. The van der Waals surface area contributed by atoms with E-state index in [-0.39, 0.29) is 31.1 Å². The zero-order valence-corrected chi connectivity index (χ0v) is 32.5. The molecule has 0 aromatic carbocycles. The van der Waals surface area contributed by atoms with Gasteiger partial charge in [0.15, 0.2) is 6.10 Å². The maximum absolute atomic E-state index is 12.6. The first kappa shape index (κ1) is 46.9. The van der Waals surface area contributed by atoms with E-state index in [1.165, 1.54) is 83.5 Å². The predicted octanol–water partition coefficient (Wildman–Crippen LogP) is 12.9. The predicted molar refractivity (Wildman–Crippen MR) is 206 cm³/mol. The molecule has 1 atom stereocenters. The molecule has 0 fully saturated rings. The lowest BCUT2D eigenvalue weighted by atomic mass is 10.0. The van der Waals surface area contributed by atoms with Gasteiger partial charge in [0.25, 0.3) is 0 Å². The molecule has 0 aliphatic carbocycles. The van der Waals surface area contributed by atoms with Crippen molar-refractivity contribution in [3.05, 3.63) is 24.3 Å². The molecule has 286 valence electrons. The van der Waals surface area contributed by atoms with Crippen LogP contribution in [0.1, 0.15) is 213 Å². The third-order valence-corrected chi connectivity index (χ3v) is 8.94. The topological polar surface area (TPSA) is 78.9 Å². The summed E-state index contributed by atoms with van der Waals surface area (Å²) in [4.78, 5) is 37.3. The summed E-state index contributed by atoms with van der Waals surface area (Å²) in [6.07, 6.45) is 40.4. The van der Waals surface area contributed by atoms with Crippen molar-refractivity contribution in [3.63, 3.8) is 0 Å². The van der Waals surface area contributed by atoms with Gasteiger partial charge in [-0.15, -0.1) is 0 Å². The molecule has 6 nitrogen and oxygen atoms in total. The number of carbonyl (C=O) groups is 3. The molecule has 0 heterocycles. The average Bonchev–Trinajstić information content (AvgIpc) is 3.09. The molecular weight excluding hydrogens is 612 g/mol. The largest absolute Gasteiger partial charge is 0.462 e. The highest BCUT2D eigenvalue weighted by atomic mass is 16.6. The van der Waals surface area contributed by atoms with Crippen molar-refractivity contribution < 1.29 is 28.6 Å². The summed E-state index contributed by atoms with van der Waals surface area (Å²) in [5, 5.41) is 0. The van der Waals surface area contributed by atoms with Gasteiger partial charge in [-0.05, 0) is 44.9 Å². The minimum Gasteiger partial charge on any atom is -0.462 e. The molecule has 0 saturated carbocycles. The fourth-order valence-corrected chi connectivity index (χ4v) is 5.77. The quantitative estimate of drug-likeness (QED) is 0.0279. The number of hydrogen-bond donors (Lipinski definition) is 0. The van der Waals surface area contributed by atoms with Crippen LogP contribution in [-0.4, -0.2) is 37.2 Å². The Bertz CT molecular complexity index is 804. The Labute approximate surface area is 303 Å². The summed E-state index contributed by atoms with van der Waals surface area (Å²) in [6.45, 7) is 6.46. The van der Waals surface area contributed by atoms with Crippen molar-refractivity contribution in [3.8, 4) is 0 Å². The standard InChI is InChI=1S/C43H78O6/c1-4-7-10-13-15-17-19-21-23-25-27-30-33-36-42(45)48-39-40(38-47-41(44)35-32-29-12-9-6-3)49-43(46)37-34-31-28-26-24-22-20-18-16-14-11-8-5-2/h10,13,17,19,40H,4-9,11-12,14-16,18,20-39H2,1-3H3/b13-10-,19-17-. The van der Waals surface area contributed by atoms with Gasteiger partial charge in [-0.2, -0.15) is 0 Å². The highest BCUT2D eigenvalue weighted by molar-refractivity contribution is 5.71. The van der Waals surface area contributed by atoms with Gasteiger partial charge in [-0.3, -0.25) is 14.4 Å². The molecule has 0 rings (SSSR count). The average molecular weight is 691 g/mol. The van der Waals surface area contributed by atoms with Crippen LogP contribution in [0, 0.1) is 0 Å². The molecule has 0 aromatic rings. The molecule has 0 N–H and O–H groups in total. The number of unbranched alkanes of at least 4 members (excludes halogenated alkanes) is 22. The number of esters is 3. The van der Waals surface area contributed by atoms with E-state index in [2.05, 4.69) is 45.1 Å². The monoisotopic (exact) mass is 691 g/mol. The molecule has 0 aliphatic heterocycles. The minimum absolute atomic E-state index is 0.0745. The lowest BCUT2D eigenvalue weighted by molar-refractivity contribution is -0.167. The first-order valence-electron chi connectivity index (χ1n) is 20.8. The summed E-state index contributed by atoms with van der Waals surface area (Å²) >= 11 is 0. The van der Waals surface area contributed by atoms with Gasteiger partial charge in [-0.25, -0.2) is 0 Å². The lowest BCUT2D eigenvalue weighted by Crippen LogP contribution is -2.30. The van der Waals surface area contributed by atoms with Crippen molar-refractivity contribution in [1.82, 2.24) is 0 Å². The summed E-state index contributed by atoms with van der Waals surface area (Å²) in [6, 6.07) is 0. The van der Waals surface area contributed by atoms with Gasteiger partial charge in [-0.1, -0.05) is 173 Å². The molecule has 49 heavy (non-hydrogen) atoms. The lowest BCUT2D eigenvalue weighted by Gasteiger charge is -2.18. The van der Waals surface area contributed by atoms with E-state index >= 15 is 0 Å². The summed E-state index contributed by atoms with van der Waals surface area (Å²) in [5.74, 6) is -0.902. The highest BCUT2D eigenvalue weighted by Gasteiger charge is 2.19. The van der Waals surface area contributed by atoms with Crippen LogP contribution >= 0.6 is 0 Å². The van der Waals surface area contributed by atoms with Crippen molar-refractivity contribution in [2.75, 3.05) is 13.2 Å². The molecule has 1 unspecified atom stereocenters. The Balaban J connectivity index is 4.27. The number of rotatable bonds is 37. The van der Waals surface area contributed by atoms with Crippen LogP contribution < -0.4 is 0 Å². The Kier molecular flexibility index (Phi) is 37.0.